The first-order chi connectivity index (χ1) is 16.7. The van der Waals surface area contributed by atoms with E-state index in [1.807, 2.05) is 19.1 Å². The van der Waals surface area contributed by atoms with Crippen LogP contribution < -0.4 is 11.1 Å². The van der Waals surface area contributed by atoms with Crippen molar-refractivity contribution in [2.45, 2.75) is 19.5 Å². The highest BCUT2D eigenvalue weighted by Crippen LogP contribution is 2.33. The normalized spacial score (nSPS) is 11.8. The van der Waals surface area contributed by atoms with Crippen LogP contribution in [0, 0.1) is 6.92 Å². The summed E-state index contributed by atoms with van der Waals surface area (Å²) in [6, 6.07) is 10.6. The Hall–Kier alpha value is -4.05. The zero-order chi connectivity index (χ0) is 24.7. The van der Waals surface area contributed by atoms with Crippen molar-refractivity contribution in [3.8, 4) is 0 Å². The molecule has 10 heteroatoms. The second-order valence-corrected chi connectivity index (χ2v) is 8.90. The highest BCUT2D eigenvalue weighted by Gasteiger charge is 2.30. The molecule has 0 atom stereocenters. The van der Waals surface area contributed by atoms with E-state index in [0.29, 0.717) is 45.0 Å². The van der Waals surface area contributed by atoms with Crippen molar-refractivity contribution in [3.63, 3.8) is 0 Å². The van der Waals surface area contributed by atoms with E-state index in [-0.39, 0.29) is 5.91 Å². The van der Waals surface area contributed by atoms with E-state index in [0.717, 1.165) is 28.5 Å². The number of pyridine rings is 1. The number of amides is 1. The summed E-state index contributed by atoms with van der Waals surface area (Å²) in [6.45, 7) is 1.89. The van der Waals surface area contributed by atoms with Crippen molar-refractivity contribution < 1.29 is 18.0 Å². The topological polar surface area (TPSA) is 93.8 Å². The second kappa shape index (κ2) is 8.62. The molecule has 0 fully saturated rings. The van der Waals surface area contributed by atoms with Crippen molar-refractivity contribution in [1.29, 1.82) is 0 Å². The minimum absolute atomic E-state index is 0.319. The first-order valence-corrected chi connectivity index (χ1v) is 11.4. The lowest BCUT2D eigenvalue weighted by Gasteiger charge is -2.14. The third kappa shape index (κ3) is 4.28. The van der Waals surface area contributed by atoms with Crippen LogP contribution in [0.15, 0.2) is 60.4 Å². The Morgan fingerprint density at radius 3 is 2.54 bits per heavy atom. The zero-order valence-electron chi connectivity index (χ0n) is 18.3. The molecule has 0 saturated heterocycles. The number of nitrogens with one attached hydrogen (secondary N) is 1. The van der Waals surface area contributed by atoms with Crippen LogP contribution in [0.3, 0.4) is 0 Å². The third-order valence-corrected chi connectivity index (χ3v) is 6.75. The summed E-state index contributed by atoms with van der Waals surface area (Å²) in [5.74, 6) is -0.00887. The number of nitrogen functional groups attached to an aromatic ring is 1. The number of nitrogens with two attached hydrogens (primary N) is 1. The van der Waals surface area contributed by atoms with Gasteiger partial charge in [-0.3, -0.25) is 9.78 Å². The Morgan fingerprint density at radius 1 is 1.03 bits per heavy atom. The van der Waals surface area contributed by atoms with E-state index >= 15 is 0 Å². The first kappa shape index (κ1) is 22.7. The molecule has 3 N–H and O–H groups in total. The van der Waals surface area contributed by atoms with E-state index in [1.54, 1.807) is 17.6 Å². The van der Waals surface area contributed by atoms with Gasteiger partial charge in [-0.25, -0.2) is 9.97 Å². The molecule has 1 amide bonds. The highest BCUT2D eigenvalue weighted by atomic mass is 32.1. The van der Waals surface area contributed by atoms with E-state index in [9.17, 15) is 18.0 Å². The number of hydrogen-bond acceptors (Lipinski definition) is 6. The van der Waals surface area contributed by atoms with Crippen LogP contribution in [0.2, 0.25) is 0 Å². The van der Waals surface area contributed by atoms with Crippen LogP contribution in [0.25, 0.3) is 21.0 Å². The number of hydrogen-bond donors (Lipinski definition) is 2. The molecule has 0 spiro atoms. The predicted molar refractivity (Wildman–Crippen MR) is 131 cm³/mol. The van der Waals surface area contributed by atoms with E-state index in [4.69, 9.17) is 5.73 Å². The average Bonchev–Trinajstić information content (AvgIpc) is 3.26. The summed E-state index contributed by atoms with van der Waals surface area (Å²) >= 11 is 1.30. The molecule has 176 valence electrons. The number of fused-ring (bicyclic) bond motifs is 2. The Balaban J connectivity index is 1.49. The number of aryl methyl sites for hydroxylation is 1. The van der Waals surface area contributed by atoms with Crippen LogP contribution in [-0.2, 0) is 12.6 Å². The molecule has 0 unspecified atom stereocenters. The maximum absolute atomic E-state index is 13.2. The van der Waals surface area contributed by atoms with E-state index in [2.05, 4.69) is 20.3 Å². The fourth-order valence-electron chi connectivity index (χ4n) is 3.95. The predicted octanol–water partition coefficient (Wildman–Crippen LogP) is 5.99. The van der Waals surface area contributed by atoms with Gasteiger partial charge in [0.2, 0.25) is 0 Å². The number of aromatic nitrogens is 3. The maximum Gasteiger partial charge on any atom is 0.416 e. The first-order valence-electron chi connectivity index (χ1n) is 10.5. The SMILES string of the molecule is Cc1ccc2c(Cc3ccc(C(F)(F)F)cc3)nccc2c1NC(=O)c1csc2c(N)ncnc12. The second-order valence-electron chi connectivity index (χ2n) is 8.02. The third-order valence-electron chi connectivity index (χ3n) is 5.75. The number of anilines is 2. The quantitative estimate of drug-likeness (QED) is 0.321. The zero-order valence-corrected chi connectivity index (χ0v) is 19.2. The van der Waals surface area contributed by atoms with Crippen molar-refractivity contribution in [1.82, 2.24) is 15.0 Å². The fourth-order valence-corrected chi connectivity index (χ4v) is 4.85. The largest absolute Gasteiger partial charge is 0.416 e. The number of rotatable bonds is 4. The molecule has 3 heterocycles. The molecular formula is C25H18F3N5OS. The van der Waals surface area contributed by atoms with Crippen molar-refractivity contribution in [2.75, 3.05) is 11.1 Å². The Morgan fingerprint density at radius 2 is 1.80 bits per heavy atom. The lowest BCUT2D eigenvalue weighted by molar-refractivity contribution is -0.137. The molecule has 5 aromatic rings. The van der Waals surface area contributed by atoms with Gasteiger partial charge in [-0.2, -0.15) is 13.2 Å². The summed E-state index contributed by atoms with van der Waals surface area (Å²) in [6.07, 6.45) is -1.09. The van der Waals surface area contributed by atoms with Crippen molar-refractivity contribution in [2.24, 2.45) is 0 Å². The number of carbonyl (C=O) groups is 1. The molecule has 0 aliphatic carbocycles. The van der Waals surface area contributed by atoms with Crippen LogP contribution in [0.5, 0.6) is 0 Å². The summed E-state index contributed by atoms with van der Waals surface area (Å²) < 4.78 is 39.3. The van der Waals surface area contributed by atoms with Gasteiger partial charge < -0.3 is 11.1 Å². The van der Waals surface area contributed by atoms with Gasteiger partial charge >= 0.3 is 6.18 Å². The van der Waals surface area contributed by atoms with Crippen LogP contribution >= 0.6 is 11.3 Å². The minimum Gasteiger partial charge on any atom is -0.382 e. The van der Waals surface area contributed by atoms with Gasteiger partial charge in [0.1, 0.15) is 12.1 Å². The number of nitrogens with zero attached hydrogens (tertiary/aromatic N) is 3. The Labute approximate surface area is 201 Å². The molecule has 6 nitrogen and oxygen atoms in total. The van der Waals surface area contributed by atoms with Gasteiger partial charge in [0.25, 0.3) is 5.91 Å². The van der Waals surface area contributed by atoms with Crippen molar-refractivity contribution >= 4 is 49.7 Å². The minimum atomic E-state index is -4.38. The Bertz CT molecular complexity index is 1580. The number of halogens is 3. The molecule has 3 aromatic heterocycles. The maximum atomic E-state index is 13.2. The van der Waals surface area contributed by atoms with Crippen LogP contribution in [-0.4, -0.2) is 20.9 Å². The molecule has 0 aliphatic heterocycles. The number of thiophene rings is 1. The smallest absolute Gasteiger partial charge is 0.382 e. The fraction of sp³-hybridized carbons (Fsp3) is 0.120. The monoisotopic (exact) mass is 493 g/mol. The average molecular weight is 494 g/mol. The summed E-state index contributed by atoms with van der Waals surface area (Å²) in [7, 11) is 0. The molecule has 0 bridgehead atoms. The molecule has 0 saturated carbocycles. The number of benzene rings is 2. The summed E-state index contributed by atoms with van der Waals surface area (Å²) in [5.41, 5.74) is 8.96. The standard InChI is InChI=1S/C25H18F3N5OS/c1-13-2-7-16-17(8-9-30-19(16)10-14-3-5-15(6-4-14)25(26,27)28)20(13)33-24(34)18-11-35-22-21(18)31-12-32-23(22)29/h2-9,11-12H,10H2,1H3,(H,33,34)(H2,29,31,32). The van der Waals surface area contributed by atoms with E-state index < -0.39 is 11.7 Å². The highest BCUT2D eigenvalue weighted by molar-refractivity contribution is 7.18. The molecule has 2 aromatic carbocycles. The van der Waals surface area contributed by atoms with Crippen LogP contribution in [0.1, 0.15) is 32.7 Å². The number of alkyl halides is 3. The summed E-state index contributed by atoms with van der Waals surface area (Å²) in [4.78, 5) is 25.8. The molecule has 0 aliphatic rings. The van der Waals surface area contributed by atoms with Gasteiger partial charge in [0.15, 0.2) is 0 Å². The van der Waals surface area contributed by atoms with E-state index in [1.165, 1.54) is 29.8 Å². The number of carbonyl (C=O) groups excluding carboxylic acids is 1. The molecule has 0 radical (unpaired) electrons. The van der Waals surface area contributed by atoms with Gasteiger partial charge in [-0.1, -0.05) is 24.3 Å². The van der Waals surface area contributed by atoms with Gasteiger partial charge in [-0.15, -0.1) is 11.3 Å². The lowest BCUT2D eigenvalue weighted by atomic mass is 9.99. The molecular weight excluding hydrogens is 475 g/mol. The molecule has 35 heavy (non-hydrogen) atoms. The summed E-state index contributed by atoms with van der Waals surface area (Å²) in [5, 5.41) is 6.28. The van der Waals surface area contributed by atoms with Gasteiger partial charge in [0.05, 0.1) is 32.7 Å². The Kier molecular flexibility index (Phi) is 5.60. The van der Waals surface area contributed by atoms with Crippen LogP contribution in [0.4, 0.5) is 24.7 Å². The lowest BCUT2D eigenvalue weighted by Crippen LogP contribution is -2.13. The van der Waals surface area contributed by atoms with Gasteiger partial charge in [0, 0.05) is 28.8 Å². The van der Waals surface area contributed by atoms with Crippen molar-refractivity contribution in [3.05, 3.63) is 88.3 Å². The molecule has 5 rings (SSSR count). The van der Waals surface area contributed by atoms with Gasteiger partial charge in [-0.05, 0) is 36.2 Å².